The maximum Gasteiger partial charge on any atom is 0.410 e. The number of methoxy groups -OCH3 is 1. The zero-order valence-corrected chi connectivity index (χ0v) is 23.6. The second kappa shape index (κ2) is 9.58. The van der Waals surface area contributed by atoms with E-state index in [9.17, 15) is 9.59 Å². The Kier molecular flexibility index (Phi) is 6.51. The number of urea groups is 1. The van der Waals surface area contributed by atoms with Gasteiger partial charge in [0, 0.05) is 62.3 Å². The van der Waals surface area contributed by atoms with Gasteiger partial charge in [0.15, 0.2) is 5.65 Å². The number of nitrogens with zero attached hydrogens (tertiary/aromatic N) is 7. The van der Waals surface area contributed by atoms with Gasteiger partial charge in [-0.15, -0.1) is 0 Å². The van der Waals surface area contributed by atoms with Gasteiger partial charge in [0.2, 0.25) is 5.88 Å². The summed E-state index contributed by atoms with van der Waals surface area (Å²) in [5.41, 5.74) is 2.06. The van der Waals surface area contributed by atoms with E-state index in [2.05, 4.69) is 25.3 Å². The Morgan fingerprint density at radius 2 is 1.92 bits per heavy atom. The Bertz CT molecular complexity index is 1430. The molecule has 0 spiro atoms. The van der Waals surface area contributed by atoms with Crippen molar-refractivity contribution in [2.45, 2.75) is 52.2 Å². The van der Waals surface area contributed by atoms with Crippen molar-refractivity contribution in [2.24, 2.45) is 7.05 Å². The number of pyridine rings is 2. The summed E-state index contributed by atoms with van der Waals surface area (Å²) >= 11 is 0. The van der Waals surface area contributed by atoms with E-state index in [0.717, 1.165) is 16.6 Å². The second-order valence-electron chi connectivity index (χ2n) is 11.6. The fourth-order valence-electron chi connectivity index (χ4n) is 5.27. The van der Waals surface area contributed by atoms with Crippen molar-refractivity contribution in [1.29, 1.82) is 0 Å². The van der Waals surface area contributed by atoms with Gasteiger partial charge in [-0.2, -0.15) is 10.1 Å². The molecule has 0 saturated carbocycles. The highest BCUT2D eigenvalue weighted by Gasteiger charge is 2.40. The van der Waals surface area contributed by atoms with E-state index in [1.165, 1.54) is 7.11 Å². The van der Waals surface area contributed by atoms with E-state index in [1.54, 1.807) is 26.7 Å². The molecule has 1 N–H and O–H groups in total. The smallest absolute Gasteiger partial charge is 0.410 e. The highest BCUT2D eigenvalue weighted by atomic mass is 16.6. The van der Waals surface area contributed by atoms with E-state index in [1.807, 2.05) is 53.9 Å². The summed E-state index contributed by atoms with van der Waals surface area (Å²) in [5.74, 6) is 0.924. The Morgan fingerprint density at radius 3 is 2.62 bits per heavy atom. The molecule has 0 aliphatic carbocycles. The van der Waals surface area contributed by atoms with Crippen molar-refractivity contribution >= 4 is 40.4 Å². The van der Waals surface area contributed by atoms with Crippen molar-refractivity contribution in [3.05, 3.63) is 30.1 Å². The SMILES string of the molecule is COc1nc2nn(C)cc2cc1NC(=O)N1CCc2c(N3CCN(C(=O)OC(C)(C)C)C(C)(C)C3)ccnc21. The predicted molar refractivity (Wildman–Crippen MR) is 149 cm³/mol. The number of rotatable bonds is 3. The number of carbonyl (C=O) groups excluding carboxylic acids is 2. The molecule has 208 valence electrons. The van der Waals surface area contributed by atoms with Crippen LogP contribution < -0.4 is 19.9 Å². The Hall–Kier alpha value is -4.09. The largest absolute Gasteiger partial charge is 0.479 e. The lowest BCUT2D eigenvalue weighted by molar-refractivity contribution is 0.000363. The summed E-state index contributed by atoms with van der Waals surface area (Å²) < 4.78 is 12.7. The Labute approximate surface area is 227 Å². The number of carbonyl (C=O) groups is 2. The van der Waals surface area contributed by atoms with Gasteiger partial charge >= 0.3 is 12.1 Å². The molecule has 5 heterocycles. The molecule has 3 aromatic heterocycles. The summed E-state index contributed by atoms with van der Waals surface area (Å²) in [6.07, 6.45) is 3.94. The summed E-state index contributed by atoms with van der Waals surface area (Å²) in [6, 6.07) is 3.49. The number of aromatic nitrogens is 4. The second-order valence-corrected chi connectivity index (χ2v) is 11.6. The number of hydrogen-bond donors (Lipinski definition) is 1. The average molecular weight is 537 g/mol. The fraction of sp³-hybridized carbons (Fsp3) is 0.519. The van der Waals surface area contributed by atoms with Crippen LogP contribution in [-0.2, 0) is 18.2 Å². The minimum atomic E-state index is -0.552. The highest BCUT2D eigenvalue weighted by molar-refractivity contribution is 6.04. The number of nitrogens with one attached hydrogen (secondary N) is 1. The normalized spacial score (nSPS) is 16.8. The Balaban J connectivity index is 1.35. The van der Waals surface area contributed by atoms with Crippen LogP contribution >= 0.6 is 0 Å². The quantitative estimate of drug-likeness (QED) is 0.537. The fourth-order valence-corrected chi connectivity index (χ4v) is 5.27. The molecule has 0 atom stereocenters. The van der Waals surface area contributed by atoms with Crippen molar-refractivity contribution in [2.75, 3.05) is 48.4 Å². The molecule has 2 aliphatic heterocycles. The van der Waals surface area contributed by atoms with Crippen LogP contribution in [0.5, 0.6) is 5.88 Å². The Morgan fingerprint density at radius 1 is 1.15 bits per heavy atom. The summed E-state index contributed by atoms with van der Waals surface area (Å²) in [4.78, 5) is 41.0. The first-order valence-electron chi connectivity index (χ1n) is 13.1. The molecule has 0 unspecified atom stereocenters. The molecule has 1 fully saturated rings. The van der Waals surface area contributed by atoms with Gasteiger partial charge < -0.3 is 19.7 Å². The average Bonchev–Trinajstić information content (AvgIpc) is 3.43. The molecule has 0 aromatic carbocycles. The predicted octanol–water partition coefficient (Wildman–Crippen LogP) is 3.80. The van der Waals surface area contributed by atoms with Crippen molar-refractivity contribution in [1.82, 2.24) is 24.6 Å². The monoisotopic (exact) mass is 536 g/mol. The molecular formula is C27H36N8O4. The van der Waals surface area contributed by atoms with Crippen LogP contribution in [0.15, 0.2) is 24.5 Å². The van der Waals surface area contributed by atoms with Gasteiger partial charge in [0.05, 0.1) is 12.6 Å². The number of piperazine rings is 1. The topological polar surface area (TPSA) is 118 Å². The first-order chi connectivity index (χ1) is 18.4. The first-order valence-corrected chi connectivity index (χ1v) is 13.1. The summed E-state index contributed by atoms with van der Waals surface area (Å²) in [6.45, 7) is 12.0. The van der Waals surface area contributed by atoms with Crippen molar-refractivity contribution in [3.63, 3.8) is 0 Å². The zero-order valence-electron chi connectivity index (χ0n) is 23.6. The number of anilines is 3. The van der Waals surface area contributed by atoms with Gasteiger partial charge in [0.25, 0.3) is 0 Å². The molecule has 12 nitrogen and oxygen atoms in total. The van der Waals surface area contributed by atoms with Crippen LogP contribution in [0.25, 0.3) is 11.0 Å². The number of fused-ring (bicyclic) bond motifs is 2. The van der Waals surface area contributed by atoms with Crippen LogP contribution in [0.1, 0.15) is 40.2 Å². The third-order valence-electron chi connectivity index (χ3n) is 6.96. The molecule has 39 heavy (non-hydrogen) atoms. The minimum Gasteiger partial charge on any atom is -0.479 e. The molecule has 1 saturated heterocycles. The summed E-state index contributed by atoms with van der Waals surface area (Å²) in [5, 5.41) is 8.04. The van der Waals surface area contributed by atoms with Crippen LogP contribution in [0, 0.1) is 0 Å². The zero-order chi connectivity index (χ0) is 28.1. The van der Waals surface area contributed by atoms with Crippen LogP contribution in [0.4, 0.5) is 26.8 Å². The summed E-state index contributed by atoms with van der Waals surface area (Å²) in [7, 11) is 3.32. The van der Waals surface area contributed by atoms with Crippen molar-refractivity contribution in [3.8, 4) is 5.88 Å². The molecule has 3 amide bonds. The van der Waals surface area contributed by atoms with Gasteiger partial charge in [0.1, 0.15) is 17.1 Å². The van der Waals surface area contributed by atoms with Crippen molar-refractivity contribution < 1.29 is 19.1 Å². The van der Waals surface area contributed by atoms with Crippen LogP contribution in [0.3, 0.4) is 0 Å². The maximum atomic E-state index is 13.4. The molecule has 2 aliphatic rings. The molecule has 12 heteroatoms. The van der Waals surface area contributed by atoms with Gasteiger partial charge in [-0.1, -0.05) is 0 Å². The van der Waals surface area contributed by atoms with E-state index < -0.39 is 11.1 Å². The number of aryl methyl sites for hydroxylation is 1. The van der Waals surface area contributed by atoms with E-state index in [-0.39, 0.29) is 12.1 Å². The lowest BCUT2D eigenvalue weighted by Crippen LogP contribution is -2.62. The molecule has 0 radical (unpaired) electrons. The van der Waals surface area contributed by atoms with Gasteiger partial charge in [-0.05, 0) is 53.2 Å². The highest BCUT2D eigenvalue weighted by Crippen LogP contribution is 2.37. The van der Waals surface area contributed by atoms with E-state index in [4.69, 9.17) is 9.47 Å². The third-order valence-corrected chi connectivity index (χ3v) is 6.96. The molecular weight excluding hydrogens is 500 g/mol. The number of hydrogen-bond acceptors (Lipinski definition) is 8. The molecule has 3 aromatic rings. The molecule has 0 bridgehead atoms. The van der Waals surface area contributed by atoms with Crippen LogP contribution in [-0.4, -0.2) is 81.2 Å². The lowest BCUT2D eigenvalue weighted by Gasteiger charge is -2.48. The maximum absolute atomic E-state index is 13.4. The van der Waals surface area contributed by atoms with E-state index in [0.29, 0.717) is 55.6 Å². The minimum absolute atomic E-state index is 0.292. The van der Waals surface area contributed by atoms with E-state index >= 15 is 0 Å². The number of amides is 3. The number of ether oxygens (including phenoxy) is 2. The van der Waals surface area contributed by atoms with Gasteiger partial charge in [-0.25, -0.2) is 14.6 Å². The third kappa shape index (κ3) is 5.15. The first kappa shape index (κ1) is 26.5. The standard InChI is InChI=1S/C27H36N8O4/c1-26(2,3)39-25(37)35-13-12-33(16-27(35,4)5)20-8-10-28-22-18(20)9-11-34(22)24(36)29-19-14-17-15-32(6)31-21(17)30-23(19)38-7/h8,10,14-15H,9,11-13,16H2,1-7H3,(H,29,36). The lowest BCUT2D eigenvalue weighted by atomic mass is 9.98. The van der Waals surface area contributed by atoms with Crippen LogP contribution in [0.2, 0.25) is 0 Å². The molecule has 5 rings (SSSR count). The van der Waals surface area contributed by atoms with Gasteiger partial charge in [-0.3, -0.25) is 14.5 Å².